The lowest BCUT2D eigenvalue weighted by atomic mass is 9.99. The van der Waals surface area contributed by atoms with E-state index in [4.69, 9.17) is 5.14 Å². The number of nitrogens with one attached hydrogen (secondary N) is 1. The van der Waals surface area contributed by atoms with E-state index < -0.39 is 15.9 Å². The van der Waals surface area contributed by atoms with E-state index in [1.807, 2.05) is 12.1 Å². The van der Waals surface area contributed by atoms with Crippen molar-refractivity contribution in [1.29, 1.82) is 0 Å². The Bertz CT molecular complexity index is 1030. The Morgan fingerprint density at radius 3 is 2.21 bits per heavy atom. The van der Waals surface area contributed by atoms with Crippen LogP contribution in [0.5, 0.6) is 0 Å². The number of nitrogens with zero attached hydrogens (tertiary/aromatic N) is 1. The molecule has 0 heterocycles. The smallest absolute Gasteiger partial charge is 0.305 e. The summed E-state index contributed by atoms with van der Waals surface area (Å²) >= 11 is 0. The van der Waals surface area contributed by atoms with E-state index >= 15 is 0 Å². The average Bonchev–Trinajstić information content (AvgIpc) is 3.30. The molecule has 2 aliphatic rings. The molecule has 1 unspecified atom stereocenters. The third-order valence-electron chi connectivity index (χ3n) is 5.83. The number of hydrogen-bond donors (Lipinski definition) is 2. The van der Waals surface area contributed by atoms with Crippen molar-refractivity contribution >= 4 is 21.6 Å². The van der Waals surface area contributed by atoms with Crippen molar-refractivity contribution in [3.05, 3.63) is 58.1 Å². The molecule has 0 aromatic heterocycles. The Morgan fingerprint density at radius 1 is 1.07 bits per heavy atom. The summed E-state index contributed by atoms with van der Waals surface area (Å²) in [4.78, 5) is 13.1. The second-order valence-electron chi connectivity index (χ2n) is 8.57. The second kappa shape index (κ2) is 7.92. The minimum atomic E-state index is -3.29. The SMILES string of the molecule is CC(C)Cc1ccc(S(N)(=O)=NC(=O)Nc2c3c(cc4c2CCC4)CCC3)cc1. The van der Waals surface area contributed by atoms with E-state index in [2.05, 4.69) is 29.6 Å². The largest absolute Gasteiger partial charge is 0.354 e. The fourth-order valence-corrected chi connectivity index (χ4v) is 5.49. The predicted octanol–water partition coefficient (Wildman–Crippen LogP) is 4.80. The number of hydrogen-bond acceptors (Lipinski definition) is 2. The number of rotatable bonds is 4. The van der Waals surface area contributed by atoms with Crippen molar-refractivity contribution < 1.29 is 9.00 Å². The highest BCUT2D eigenvalue weighted by Crippen LogP contribution is 2.38. The predicted molar refractivity (Wildman–Crippen MR) is 118 cm³/mol. The molecule has 2 aliphatic carbocycles. The molecule has 0 spiro atoms. The van der Waals surface area contributed by atoms with Crippen LogP contribution in [0.4, 0.5) is 10.5 Å². The number of carbonyl (C=O) groups is 1. The van der Waals surface area contributed by atoms with Crippen molar-refractivity contribution in [2.24, 2.45) is 15.4 Å². The van der Waals surface area contributed by atoms with Crippen LogP contribution >= 0.6 is 0 Å². The molecular weight excluding hydrogens is 382 g/mol. The van der Waals surface area contributed by atoms with Crippen LogP contribution < -0.4 is 10.5 Å². The van der Waals surface area contributed by atoms with Crippen LogP contribution in [-0.4, -0.2) is 10.2 Å². The fourth-order valence-electron chi connectivity index (χ4n) is 4.56. The Hall–Kier alpha value is -2.18. The first kappa shape index (κ1) is 20.1. The van der Waals surface area contributed by atoms with E-state index in [1.54, 1.807) is 12.1 Å². The molecule has 4 rings (SSSR count). The number of amides is 2. The van der Waals surface area contributed by atoms with Crippen LogP contribution in [0.1, 0.15) is 54.5 Å². The normalized spacial score (nSPS) is 17.0. The molecule has 0 bridgehead atoms. The Labute approximate surface area is 173 Å². The average molecular weight is 412 g/mol. The van der Waals surface area contributed by atoms with Crippen LogP contribution in [0, 0.1) is 5.92 Å². The quantitative estimate of drug-likeness (QED) is 0.758. The minimum absolute atomic E-state index is 0.378. The van der Waals surface area contributed by atoms with Crippen molar-refractivity contribution in [3.8, 4) is 0 Å². The Balaban J connectivity index is 1.59. The van der Waals surface area contributed by atoms with Crippen LogP contribution in [0.3, 0.4) is 0 Å². The highest BCUT2D eigenvalue weighted by Gasteiger charge is 2.25. The van der Waals surface area contributed by atoms with Gasteiger partial charge in [0.1, 0.15) is 9.92 Å². The molecule has 2 aromatic rings. The van der Waals surface area contributed by atoms with E-state index in [0.29, 0.717) is 10.8 Å². The van der Waals surface area contributed by atoms with Gasteiger partial charge in [0, 0.05) is 5.69 Å². The molecule has 0 saturated heterocycles. The Kier molecular flexibility index (Phi) is 5.49. The van der Waals surface area contributed by atoms with Gasteiger partial charge in [-0.1, -0.05) is 32.0 Å². The third kappa shape index (κ3) is 4.23. The molecule has 0 fully saturated rings. The summed E-state index contributed by atoms with van der Waals surface area (Å²) in [5.74, 6) is 0.535. The first-order valence-electron chi connectivity index (χ1n) is 10.4. The van der Waals surface area contributed by atoms with Gasteiger partial charge in [0.05, 0.1) is 4.90 Å². The number of aryl methyl sites for hydroxylation is 2. The number of nitrogens with two attached hydrogens (primary N) is 1. The molecule has 29 heavy (non-hydrogen) atoms. The number of fused-ring (bicyclic) bond motifs is 2. The lowest BCUT2D eigenvalue weighted by Gasteiger charge is -2.15. The monoisotopic (exact) mass is 411 g/mol. The summed E-state index contributed by atoms with van der Waals surface area (Å²) in [6.45, 7) is 4.30. The van der Waals surface area contributed by atoms with Gasteiger partial charge in [-0.2, -0.15) is 0 Å². The topological polar surface area (TPSA) is 84.6 Å². The van der Waals surface area contributed by atoms with Gasteiger partial charge < -0.3 is 5.32 Å². The van der Waals surface area contributed by atoms with Gasteiger partial charge in [0.15, 0.2) is 0 Å². The number of carbonyl (C=O) groups excluding carboxylic acids is 1. The van der Waals surface area contributed by atoms with E-state index in [-0.39, 0.29) is 0 Å². The van der Waals surface area contributed by atoms with Crippen molar-refractivity contribution in [3.63, 3.8) is 0 Å². The minimum Gasteiger partial charge on any atom is -0.305 e. The van der Waals surface area contributed by atoms with Crippen LogP contribution in [-0.2, 0) is 42.0 Å². The van der Waals surface area contributed by atoms with Gasteiger partial charge >= 0.3 is 6.03 Å². The summed E-state index contributed by atoms with van der Waals surface area (Å²) in [7, 11) is -3.29. The number of urea groups is 1. The van der Waals surface area contributed by atoms with Gasteiger partial charge in [0.2, 0.25) is 0 Å². The van der Waals surface area contributed by atoms with Crippen LogP contribution in [0.2, 0.25) is 0 Å². The zero-order valence-electron chi connectivity index (χ0n) is 17.2. The maximum absolute atomic E-state index is 12.9. The molecule has 1 atom stereocenters. The van der Waals surface area contributed by atoms with Crippen molar-refractivity contribution in [2.45, 2.75) is 63.7 Å². The van der Waals surface area contributed by atoms with Gasteiger partial charge in [-0.25, -0.2) is 14.1 Å². The summed E-state index contributed by atoms with van der Waals surface area (Å²) in [6.07, 6.45) is 7.19. The molecule has 2 aromatic carbocycles. The highest BCUT2D eigenvalue weighted by atomic mass is 32.2. The highest BCUT2D eigenvalue weighted by molar-refractivity contribution is 7.91. The maximum atomic E-state index is 12.9. The van der Waals surface area contributed by atoms with Crippen molar-refractivity contribution in [2.75, 3.05) is 5.32 Å². The van der Waals surface area contributed by atoms with E-state index in [1.165, 1.54) is 22.3 Å². The molecule has 0 aliphatic heterocycles. The lowest BCUT2D eigenvalue weighted by molar-refractivity contribution is 0.260. The maximum Gasteiger partial charge on any atom is 0.354 e. The summed E-state index contributed by atoms with van der Waals surface area (Å²) in [5.41, 5.74) is 7.14. The van der Waals surface area contributed by atoms with Gasteiger partial charge in [-0.3, -0.25) is 0 Å². The zero-order chi connectivity index (χ0) is 20.6. The van der Waals surface area contributed by atoms with Gasteiger partial charge in [-0.05, 0) is 90.8 Å². The Morgan fingerprint density at radius 2 is 1.66 bits per heavy atom. The molecule has 2 amide bonds. The molecule has 154 valence electrons. The fraction of sp³-hybridized carbons (Fsp3) is 0.435. The summed E-state index contributed by atoms with van der Waals surface area (Å²) in [5, 5.41) is 8.91. The third-order valence-corrected chi connectivity index (χ3v) is 7.21. The van der Waals surface area contributed by atoms with Gasteiger partial charge in [-0.15, -0.1) is 4.36 Å². The summed E-state index contributed by atoms with van der Waals surface area (Å²) < 4.78 is 16.8. The van der Waals surface area contributed by atoms with Gasteiger partial charge in [0.25, 0.3) is 0 Å². The lowest BCUT2D eigenvalue weighted by Crippen LogP contribution is -2.19. The molecule has 0 saturated carbocycles. The second-order valence-corrected chi connectivity index (χ2v) is 10.4. The molecule has 6 heteroatoms. The zero-order valence-corrected chi connectivity index (χ0v) is 18.0. The molecule has 3 N–H and O–H groups in total. The van der Waals surface area contributed by atoms with E-state index in [9.17, 15) is 9.00 Å². The first-order valence-corrected chi connectivity index (χ1v) is 12.0. The summed E-state index contributed by atoms with van der Waals surface area (Å²) in [6, 6.07) is 8.93. The number of benzene rings is 2. The molecule has 5 nitrogen and oxygen atoms in total. The van der Waals surface area contributed by atoms with Crippen molar-refractivity contribution in [1.82, 2.24) is 0 Å². The first-order chi connectivity index (χ1) is 13.8. The standard InChI is InChI=1S/C23H29N3O2S/c1-15(2)13-16-9-11-19(12-10-16)29(24,28)26-23(27)25-22-20-7-3-5-17(20)14-18-6-4-8-21(18)22/h9-12,14-15H,3-8,13H2,1-2H3,(H3,24,25,26,27,28). The molecular formula is C23H29N3O2S. The van der Waals surface area contributed by atoms with Crippen LogP contribution in [0.15, 0.2) is 39.6 Å². The number of anilines is 1. The molecule has 0 radical (unpaired) electrons. The van der Waals surface area contributed by atoms with E-state index in [0.717, 1.165) is 56.2 Å². The van der Waals surface area contributed by atoms with Crippen LogP contribution in [0.25, 0.3) is 0 Å².